The number of aromatic amines is 1. The molecule has 0 saturated carbocycles. The van der Waals surface area contributed by atoms with E-state index in [0.717, 1.165) is 0 Å². The van der Waals surface area contributed by atoms with E-state index in [1.54, 1.807) is 6.92 Å². The fraction of sp³-hybridized carbons (Fsp3) is 0.636. The molecule has 2 N–H and O–H groups in total. The second-order valence-corrected chi connectivity index (χ2v) is 4.46. The van der Waals surface area contributed by atoms with Crippen LogP contribution in [-0.2, 0) is 0 Å². The molecule has 1 amide bonds. The summed E-state index contributed by atoms with van der Waals surface area (Å²) in [6.07, 6.45) is 0. The topological polar surface area (TPSA) is 78.3 Å². The Morgan fingerprint density at radius 3 is 2.41 bits per heavy atom. The van der Waals surface area contributed by atoms with Crippen LogP contribution in [0.15, 0.2) is 9.32 Å². The van der Waals surface area contributed by atoms with Gasteiger partial charge in [0, 0.05) is 12.1 Å². The molecule has 6 heteroatoms. The summed E-state index contributed by atoms with van der Waals surface area (Å²) in [5.41, 5.74) is -0.0246. The molecule has 1 heterocycles. The summed E-state index contributed by atoms with van der Waals surface area (Å²) in [6.45, 7) is 5.48. The van der Waals surface area contributed by atoms with Crippen LogP contribution in [0, 0.1) is 6.92 Å². The van der Waals surface area contributed by atoms with E-state index in [1.165, 1.54) is 0 Å². The highest BCUT2D eigenvalue weighted by atomic mass is 16.5. The van der Waals surface area contributed by atoms with E-state index in [0.29, 0.717) is 5.56 Å². The maximum Gasteiger partial charge on any atom is 0.360 e. The van der Waals surface area contributed by atoms with E-state index in [9.17, 15) is 9.59 Å². The van der Waals surface area contributed by atoms with Gasteiger partial charge in [-0.1, -0.05) is 0 Å². The van der Waals surface area contributed by atoms with E-state index in [4.69, 9.17) is 0 Å². The number of carbonyl (C=O) groups excluding carboxylic acids is 1. The molecule has 0 aliphatic rings. The van der Waals surface area contributed by atoms with Crippen LogP contribution in [0.25, 0.3) is 0 Å². The van der Waals surface area contributed by atoms with E-state index in [2.05, 4.69) is 15.0 Å². The number of aromatic nitrogens is 1. The van der Waals surface area contributed by atoms with Crippen LogP contribution in [0.1, 0.15) is 29.9 Å². The number of hydrogen-bond donors (Lipinski definition) is 2. The first-order valence-corrected chi connectivity index (χ1v) is 5.50. The summed E-state index contributed by atoms with van der Waals surface area (Å²) in [4.78, 5) is 25.0. The second kappa shape index (κ2) is 5.18. The van der Waals surface area contributed by atoms with Crippen molar-refractivity contribution in [3.63, 3.8) is 0 Å². The van der Waals surface area contributed by atoms with E-state index < -0.39 is 5.63 Å². The minimum absolute atomic E-state index is 0.0321. The number of rotatable bonds is 4. The first-order valence-electron chi connectivity index (χ1n) is 5.50. The lowest BCUT2D eigenvalue weighted by molar-refractivity contribution is 0.0910. The summed E-state index contributed by atoms with van der Waals surface area (Å²) in [5, 5.41) is 5.15. The van der Waals surface area contributed by atoms with Gasteiger partial charge in [0.25, 0.3) is 5.91 Å². The van der Waals surface area contributed by atoms with Gasteiger partial charge in [0.2, 0.25) is 0 Å². The van der Waals surface area contributed by atoms with Crippen molar-refractivity contribution in [3.05, 3.63) is 21.7 Å². The monoisotopic (exact) mass is 241 g/mol. The molecule has 96 valence electrons. The lowest BCUT2D eigenvalue weighted by Gasteiger charge is -2.26. The van der Waals surface area contributed by atoms with Gasteiger partial charge in [-0.2, -0.15) is 0 Å². The van der Waals surface area contributed by atoms with Gasteiger partial charge >= 0.3 is 5.63 Å². The van der Waals surface area contributed by atoms with Crippen molar-refractivity contribution < 1.29 is 9.32 Å². The number of nitrogens with one attached hydrogen (secondary N) is 2. The van der Waals surface area contributed by atoms with Crippen LogP contribution in [-0.4, -0.2) is 42.1 Å². The summed E-state index contributed by atoms with van der Waals surface area (Å²) in [6, 6.07) is 0.160. The molecule has 0 aliphatic heterocycles. The zero-order chi connectivity index (χ0) is 13.2. The van der Waals surface area contributed by atoms with E-state index >= 15 is 0 Å². The lowest BCUT2D eigenvalue weighted by Crippen LogP contribution is -2.46. The highest BCUT2D eigenvalue weighted by Crippen LogP contribution is 2.03. The van der Waals surface area contributed by atoms with Gasteiger partial charge in [0.15, 0.2) is 0 Å². The summed E-state index contributed by atoms with van der Waals surface area (Å²) < 4.78 is 4.55. The highest BCUT2D eigenvalue weighted by molar-refractivity contribution is 5.93. The molecule has 6 nitrogen and oxygen atoms in total. The molecule has 1 aromatic rings. The third-order valence-electron chi connectivity index (χ3n) is 3.05. The Labute approximate surface area is 99.9 Å². The third-order valence-corrected chi connectivity index (χ3v) is 3.05. The quantitative estimate of drug-likeness (QED) is 0.797. The predicted molar refractivity (Wildman–Crippen MR) is 64.1 cm³/mol. The van der Waals surface area contributed by atoms with Gasteiger partial charge in [0.05, 0.1) is 5.56 Å². The van der Waals surface area contributed by atoms with E-state index in [1.807, 2.05) is 32.8 Å². The fourth-order valence-corrected chi connectivity index (χ4v) is 1.42. The standard InChI is InChI=1S/C11H19N3O3/c1-6-9(13-17-11(6)16)10(15)12-7(2)8(3)14(4)5/h7-8,13H,1-5H3,(H,12,15). The first kappa shape index (κ1) is 13.5. The number of carbonyl (C=O) groups is 1. The normalized spacial score (nSPS) is 14.7. The molecule has 0 spiro atoms. The summed E-state index contributed by atoms with van der Waals surface area (Å²) in [7, 11) is 3.89. The number of nitrogens with zero attached hydrogens (tertiary/aromatic N) is 1. The number of amides is 1. The maximum atomic E-state index is 11.9. The average Bonchev–Trinajstić information content (AvgIpc) is 2.58. The van der Waals surface area contributed by atoms with Crippen LogP contribution in [0.5, 0.6) is 0 Å². The van der Waals surface area contributed by atoms with Crippen LogP contribution in [0.2, 0.25) is 0 Å². The van der Waals surface area contributed by atoms with Gasteiger partial charge in [-0.25, -0.2) is 9.95 Å². The van der Waals surface area contributed by atoms with Crippen molar-refractivity contribution in [2.45, 2.75) is 32.9 Å². The molecule has 2 atom stereocenters. The molecule has 1 aromatic heterocycles. The summed E-state index contributed by atoms with van der Waals surface area (Å²) >= 11 is 0. The molecule has 0 aliphatic carbocycles. The molecular weight excluding hydrogens is 222 g/mol. The van der Waals surface area contributed by atoms with Crippen LogP contribution < -0.4 is 10.9 Å². The molecule has 1 rings (SSSR count). The first-order chi connectivity index (χ1) is 7.84. The Kier molecular flexibility index (Phi) is 4.11. The molecular formula is C11H19N3O3. The van der Waals surface area contributed by atoms with Crippen LogP contribution >= 0.6 is 0 Å². The molecule has 0 aromatic carbocycles. The zero-order valence-electron chi connectivity index (χ0n) is 10.8. The van der Waals surface area contributed by atoms with Gasteiger partial charge in [-0.05, 0) is 34.9 Å². The number of likely N-dealkylation sites (N-methyl/N-ethyl adjacent to an activating group) is 1. The van der Waals surface area contributed by atoms with Crippen molar-refractivity contribution >= 4 is 5.91 Å². The second-order valence-electron chi connectivity index (χ2n) is 4.46. The molecule has 2 unspecified atom stereocenters. The highest BCUT2D eigenvalue weighted by Gasteiger charge is 2.20. The minimum Gasteiger partial charge on any atom is -0.347 e. The molecule has 0 saturated heterocycles. The number of H-pyrrole nitrogens is 1. The Hall–Kier alpha value is -1.56. The van der Waals surface area contributed by atoms with Crippen molar-refractivity contribution in [1.29, 1.82) is 0 Å². The SMILES string of the molecule is Cc1c(C(=O)NC(C)C(C)N(C)C)[nH]oc1=O. The summed E-state index contributed by atoms with van der Waals surface area (Å²) in [5.74, 6) is -0.324. The zero-order valence-corrected chi connectivity index (χ0v) is 10.8. The molecule has 0 bridgehead atoms. The van der Waals surface area contributed by atoms with Gasteiger partial charge in [-0.3, -0.25) is 4.79 Å². The van der Waals surface area contributed by atoms with Gasteiger partial charge in [0.1, 0.15) is 5.69 Å². The fourth-order valence-electron chi connectivity index (χ4n) is 1.42. The number of hydrogen-bond acceptors (Lipinski definition) is 4. The van der Waals surface area contributed by atoms with Crippen LogP contribution in [0.3, 0.4) is 0 Å². The Balaban J connectivity index is 2.73. The third kappa shape index (κ3) is 2.97. The minimum atomic E-state index is -0.511. The van der Waals surface area contributed by atoms with Crippen molar-refractivity contribution in [3.8, 4) is 0 Å². The Bertz CT molecular complexity index is 447. The molecule has 0 fully saturated rings. The predicted octanol–water partition coefficient (Wildman–Crippen LogP) is 0.345. The average molecular weight is 241 g/mol. The van der Waals surface area contributed by atoms with Crippen molar-refractivity contribution in [1.82, 2.24) is 15.4 Å². The van der Waals surface area contributed by atoms with Crippen molar-refractivity contribution in [2.24, 2.45) is 0 Å². The molecule has 17 heavy (non-hydrogen) atoms. The smallest absolute Gasteiger partial charge is 0.347 e. The van der Waals surface area contributed by atoms with Crippen LogP contribution in [0.4, 0.5) is 0 Å². The van der Waals surface area contributed by atoms with Gasteiger partial charge < -0.3 is 14.7 Å². The Morgan fingerprint density at radius 2 is 2.00 bits per heavy atom. The van der Waals surface area contributed by atoms with E-state index in [-0.39, 0.29) is 23.7 Å². The maximum absolute atomic E-state index is 11.9. The Morgan fingerprint density at radius 1 is 1.41 bits per heavy atom. The molecule has 0 radical (unpaired) electrons. The van der Waals surface area contributed by atoms with Crippen molar-refractivity contribution in [2.75, 3.05) is 14.1 Å². The van der Waals surface area contributed by atoms with Gasteiger partial charge in [-0.15, -0.1) is 0 Å². The largest absolute Gasteiger partial charge is 0.360 e. The lowest BCUT2D eigenvalue weighted by atomic mass is 10.1.